The van der Waals surface area contributed by atoms with E-state index in [2.05, 4.69) is 38.5 Å². The molecule has 0 aliphatic rings. The fourth-order valence-corrected chi connectivity index (χ4v) is 6.77. The Morgan fingerprint density at radius 1 is 0.431 bits per heavy atom. The molecular formula is C49H93NO8. The van der Waals surface area contributed by atoms with Crippen molar-refractivity contribution in [1.82, 2.24) is 4.90 Å². The van der Waals surface area contributed by atoms with E-state index >= 15 is 0 Å². The third-order valence-corrected chi connectivity index (χ3v) is 10.4. The maximum Gasteiger partial charge on any atom is 0.306 e. The van der Waals surface area contributed by atoms with Crippen LogP contribution in [0.5, 0.6) is 0 Å². The summed E-state index contributed by atoms with van der Waals surface area (Å²) in [6, 6.07) is 0. The topological polar surface area (TPSA) is 92.8 Å². The molecule has 58 heavy (non-hydrogen) atoms. The van der Waals surface area contributed by atoms with E-state index in [1.54, 1.807) is 0 Å². The maximum atomic E-state index is 12.6. The monoisotopic (exact) mass is 824 g/mol. The molecule has 342 valence electrons. The van der Waals surface area contributed by atoms with Crippen LogP contribution in [0, 0.1) is 12.3 Å². The van der Waals surface area contributed by atoms with Crippen molar-refractivity contribution in [3.05, 3.63) is 0 Å². The van der Waals surface area contributed by atoms with Gasteiger partial charge in [-0.2, -0.15) is 0 Å². The smallest absolute Gasteiger partial charge is 0.306 e. The molecular weight excluding hydrogens is 731 g/mol. The molecule has 0 saturated heterocycles. The van der Waals surface area contributed by atoms with Gasteiger partial charge < -0.3 is 28.4 Å². The average molecular weight is 824 g/mol. The van der Waals surface area contributed by atoms with Gasteiger partial charge >= 0.3 is 11.9 Å². The van der Waals surface area contributed by atoms with Gasteiger partial charge in [0.1, 0.15) is 12.2 Å². The fourth-order valence-electron chi connectivity index (χ4n) is 6.77. The van der Waals surface area contributed by atoms with E-state index in [0.717, 1.165) is 103 Å². The van der Waals surface area contributed by atoms with Gasteiger partial charge in [-0.3, -0.25) is 14.5 Å². The van der Waals surface area contributed by atoms with Gasteiger partial charge in [0.2, 0.25) is 0 Å². The molecule has 9 heteroatoms. The van der Waals surface area contributed by atoms with Gasteiger partial charge in [-0.25, -0.2) is 0 Å². The van der Waals surface area contributed by atoms with Crippen LogP contribution < -0.4 is 0 Å². The third-order valence-electron chi connectivity index (χ3n) is 10.4. The van der Waals surface area contributed by atoms with E-state index in [1.807, 2.05) is 0 Å². The van der Waals surface area contributed by atoms with E-state index in [9.17, 15) is 9.59 Å². The number of ether oxygens (including phenoxy) is 6. The molecule has 0 fully saturated rings. The number of terminal acetylenes is 1. The lowest BCUT2D eigenvalue weighted by Gasteiger charge is -2.20. The zero-order valence-corrected chi connectivity index (χ0v) is 38.5. The Kier molecular flexibility index (Phi) is 45.0. The van der Waals surface area contributed by atoms with Crippen molar-refractivity contribution in [2.45, 2.75) is 220 Å². The van der Waals surface area contributed by atoms with Crippen LogP contribution in [0.2, 0.25) is 0 Å². The summed E-state index contributed by atoms with van der Waals surface area (Å²) in [4.78, 5) is 27.7. The highest BCUT2D eigenvalue weighted by molar-refractivity contribution is 5.69. The number of carbonyl (C=O) groups is 2. The van der Waals surface area contributed by atoms with Crippen LogP contribution in [-0.2, 0) is 38.0 Å². The van der Waals surface area contributed by atoms with E-state index < -0.39 is 0 Å². The summed E-state index contributed by atoms with van der Waals surface area (Å²) in [5, 5.41) is 0. The summed E-state index contributed by atoms with van der Waals surface area (Å²) in [6.07, 6.45) is 34.9. The molecule has 0 rings (SSSR count). The lowest BCUT2D eigenvalue weighted by atomic mass is 10.1. The lowest BCUT2D eigenvalue weighted by Crippen LogP contribution is -2.29. The number of rotatable bonds is 47. The Labute approximate surface area is 358 Å². The Hall–Kier alpha value is -1.70. The van der Waals surface area contributed by atoms with E-state index in [0.29, 0.717) is 72.2 Å². The predicted molar refractivity (Wildman–Crippen MR) is 240 cm³/mol. The summed E-state index contributed by atoms with van der Waals surface area (Å²) in [6.45, 7) is 15.9. The number of hydrogen-bond donors (Lipinski definition) is 0. The number of carbonyl (C=O) groups excluding carboxylic acids is 2. The molecule has 0 amide bonds. The molecule has 0 aliphatic carbocycles. The normalized spacial score (nSPS) is 11.6. The van der Waals surface area contributed by atoms with Crippen LogP contribution >= 0.6 is 0 Å². The van der Waals surface area contributed by atoms with Crippen molar-refractivity contribution in [1.29, 1.82) is 0 Å². The summed E-state index contributed by atoms with van der Waals surface area (Å²) in [5.74, 6) is 2.53. The highest BCUT2D eigenvalue weighted by atomic mass is 16.6. The van der Waals surface area contributed by atoms with Gasteiger partial charge in [-0.1, -0.05) is 149 Å². The molecule has 0 atom stereocenters. The molecule has 0 radical (unpaired) electrons. The molecule has 0 unspecified atom stereocenters. The number of esters is 2. The number of nitrogens with zero attached hydrogens (tertiary/aromatic N) is 1. The first-order chi connectivity index (χ1) is 28.5. The minimum Gasteiger partial charge on any atom is -0.457 e. The van der Waals surface area contributed by atoms with Gasteiger partial charge in [-0.05, 0) is 64.5 Å². The van der Waals surface area contributed by atoms with Crippen LogP contribution in [0.4, 0.5) is 0 Å². The van der Waals surface area contributed by atoms with Crippen LogP contribution in [0.1, 0.15) is 207 Å². The van der Waals surface area contributed by atoms with Gasteiger partial charge in [0, 0.05) is 39.3 Å². The summed E-state index contributed by atoms with van der Waals surface area (Å²) < 4.78 is 35.0. The van der Waals surface area contributed by atoms with Crippen molar-refractivity contribution < 1.29 is 38.0 Å². The largest absolute Gasteiger partial charge is 0.457 e. The molecule has 0 spiro atoms. The minimum atomic E-state index is -0.334. The standard InChI is InChI=1S/C49H93NO8/c1-6-11-15-29-38-53-42-46(43-54-39-30-16-12-7-2)57-48(51)33-25-21-19-23-27-36-50(35-10-5)37-28-24-20-22-26-34-49(52)58-47(44-55-40-31-17-13-8-3)45-56-41-32-18-14-9-4/h5,46-47H,6-9,11-45H2,1-4H3. The molecule has 0 heterocycles. The first-order valence-corrected chi connectivity index (χ1v) is 24.4. The Bertz CT molecular complexity index is 816. The van der Waals surface area contributed by atoms with Gasteiger partial charge in [0.25, 0.3) is 0 Å². The third kappa shape index (κ3) is 41.1. The predicted octanol–water partition coefficient (Wildman–Crippen LogP) is 11.8. The number of hydrogen-bond acceptors (Lipinski definition) is 9. The second-order valence-corrected chi connectivity index (χ2v) is 16.3. The zero-order valence-electron chi connectivity index (χ0n) is 38.5. The average Bonchev–Trinajstić information content (AvgIpc) is 3.21. The zero-order chi connectivity index (χ0) is 42.4. The Balaban J connectivity index is 4.22. The Morgan fingerprint density at radius 3 is 1.03 bits per heavy atom. The lowest BCUT2D eigenvalue weighted by molar-refractivity contribution is -0.157. The van der Waals surface area contributed by atoms with Crippen molar-refractivity contribution in [2.24, 2.45) is 0 Å². The highest BCUT2D eigenvalue weighted by Gasteiger charge is 2.17. The van der Waals surface area contributed by atoms with Gasteiger partial charge in [-0.15, -0.1) is 6.42 Å². The van der Waals surface area contributed by atoms with Gasteiger partial charge in [0.05, 0.1) is 33.0 Å². The SMILES string of the molecule is C#CCN(CCCCCCCC(=O)OC(COCCCCCC)COCCCCCC)CCCCCCCC(=O)OC(COCCCCCC)COCCCCCC. The fraction of sp³-hybridized carbons (Fsp3) is 0.918. The molecule has 0 aromatic rings. The molecule has 0 aromatic carbocycles. The first kappa shape index (κ1) is 56.3. The maximum absolute atomic E-state index is 12.6. The van der Waals surface area contributed by atoms with Crippen molar-refractivity contribution in [3.63, 3.8) is 0 Å². The van der Waals surface area contributed by atoms with Gasteiger partial charge in [0.15, 0.2) is 0 Å². The first-order valence-electron chi connectivity index (χ1n) is 24.4. The summed E-state index contributed by atoms with van der Waals surface area (Å²) >= 11 is 0. The summed E-state index contributed by atoms with van der Waals surface area (Å²) in [5.41, 5.74) is 0. The van der Waals surface area contributed by atoms with Crippen molar-refractivity contribution >= 4 is 11.9 Å². The highest BCUT2D eigenvalue weighted by Crippen LogP contribution is 2.12. The van der Waals surface area contributed by atoms with Crippen molar-refractivity contribution in [3.8, 4) is 12.3 Å². The van der Waals surface area contributed by atoms with Crippen LogP contribution in [-0.4, -0.2) is 102 Å². The number of unbranched alkanes of at least 4 members (excludes halogenated alkanes) is 20. The minimum absolute atomic E-state index is 0.147. The van der Waals surface area contributed by atoms with E-state index in [4.69, 9.17) is 34.8 Å². The van der Waals surface area contributed by atoms with Crippen LogP contribution in [0.3, 0.4) is 0 Å². The second kappa shape index (κ2) is 46.4. The molecule has 9 nitrogen and oxygen atoms in total. The molecule has 0 aromatic heterocycles. The molecule has 0 aliphatic heterocycles. The summed E-state index contributed by atoms with van der Waals surface area (Å²) in [7, 11) is 0. The quantitative estimate of drug-likeness (QED) is 0.0338. The van der Waals surface area contributed by atoms with Crippen LogP contribution in [0.25, 0.3) is 0 Å². The van der Waals surface area contributed by atoms with E-state index in [1.165, 1.54) is 77.0 Å². The van der Waals surface area contributed by atoms with Crippen LogP contribution in [0.15, 0.2) is 0 Å². The second-order valence-electron chi connectivity index (χ2n) is 16.3. The van der Waals surface area contributed by atoms with Crippen molar-refractivity contribution in [2.75, 3.05) is 72.5 Å². The van der Waals surface area contributed by atoms with E-state index in [-0.39, 0.29) is 24.1 Å². The molecule has 0 bridgehead atoms. The molecule has 0 N–H and O–H groups in total. The molecule has 0 saturated carbocycles. The Morgan fingerprint density at radius 2 is 0.724 bits per heavy atom.